The Hall–Kier alpha value is -1.40. The quantitative estimate of drug-likeness (QED) is 0.883. The van der Waals surface area contributed by atoms with Crippen LogP contribution in [0.15, 0.2) is 29.2 Å². The van der Waals surface area contributed by atoms with Crippen molar-refractivity contribution >= 4 is 16.0 Å². The molecule has 19 heavy (non-hydrogen) atoms. The third-order valence-corrected chi connectivity index (χ3v) is 4.11. The highest BCUT2D eigenvalue weighted by atomic mass is 32.2. The highest BCUT2D eigenvalue weighted by Crippen LogP contribution is 2.22. The van der Waals surface area contributed by atoms with Crippen LogP contribution in [0.5, 0.6) is 0 Å². The predicted octanol–water partition coefficient (Wildman–Crippen LogP) is 1.77. The number of hydrogen-bond donors (Lipinski definition) is 2. The van der Waals surface area contributed by atoms with Crippen LogP contribution < -0.4 is 4.72 Å². The number of aryl methyl sites for hydroxylation is 1. The zero-order valence-corrected chi connectivity index (χ0v) is 12.3. The second-order valence-electron chi connectivity index (χ2n) is 5.58. The van der Waals surface area contributed by atoms with Gasteiger partial charge in [-0.25, -0.2) is 8.42 Å². The summed E-state index contributed by atoms with van der Waals surface area (Å²) in [6, 6.07) is 5.16. The van der Waals surface area contributed by atoms with Gasteiger partial charge >= 0.3 is 5.97 Å². The van der Waals surface area contributed by atoms with Gasteiger partial charge in [0, 0.05) is 0 Å². The Morgan fingerprint density at radius 3 is 2.32 bits per heavy atom. The molecule has 0 aliphatic carbocycles. The van der Waals surface area contributed by atoms with E-state index in [-0.39, 0.29) is 4.90 Å². The first-order valence-electron chi connectivity index (χ1n) is 5.86. The van der Waals surface area contributed by atoms with E-state index in [1.54, 1.807) is 39.8 Å². The molecule has 5 nitrogen and oxygen atoms in total. The lowest BCUT2D eigenvalue weighted by Gasteiger charge is -2.27. The molecule has 0 saturated carbocycles. The fraction of sp³-hybridized carbons (Fsp3) is 0.462. The summed E-state index contributed by atoms with van der Waals surface area (Å²) >= 11 is 0. The summed E-state index contributed by atoms with van der Waals surface area (Å²) in [5.41, 5.74) is 0.0773. The Balaban J connectivity index is 3.12. The van der Waals surface area contributed by atoms with Crippen molar-refractivity contribution in [2.24, 2.45) is 5.41 Å². The van der Waals surface area contributed by atoms with Gasteiger partial charge in [0.05, 0.1) is 4.90 Å². The average molecular weight is 285 g/mol. The summed E-state index contributed by atoms with van der Waals surface area (Å²) in [4.78, 5) is 11.3. The molecule has 0 bridgehead atoms. The molecule has 0 aliphatic rings. The van der Waals surface area contributed by atoms with Crippen molar-refractivity contribution in [3.8, 4) is 0 Å². The van der Waals surface area contributed by atoms with Gasteiger partial charge in [0.25, 0.3) is 0 Å². The van der Waals surface area contributed by atoms with Gasteiger partial charge in [-0.2, -0.15) is 4.72 Å². The van der Waals surface area contributed by atoms with E-state index in [1.165, 1.54) is 12.1 Å². The van der Waals surface area contributed by atoms with Crippen molar-refractivity contribution in [2.75, 3.05) is 0 Å². The SMILES string of the molecule is Cc1cccc(S(=O)(=O)N[C@@H](C(=O)O)C(C)(C)C)c1. The van der Waals surface area contributed by atoms with E-state index in [0.717, 1.165) is 5.56 Å². The molecule has 0 unspecified atom stereocenters. The number of aliphatic carboxylic acids is 1. The second kappa shape index (κ2) is 5.30. The molecule has 0 fully saturated rings. The molecular weight excluding hydrogens is 266 g/mol. The van der Waals surface area contributed by atoms with Crippen LogP contribution >= 0.6 is 0 Å². The lowest BCUT2D eigenvalue weighted by molar-refractivity contribution is -0.141. The van der Waals surface area contributed by atoms with E-state index < -0.39 is 27.4 Å². The number of carbonyl (C=O) groups is 1. The van der Waals surface area contributed by atoms with E-state index >= 15 is 0 Å². The van der Waals surface area contributed by atoms with Crippen LogP contribution in [0.3, 0.4) is 0 Å². The minimum absolute atomic E-state index is 0.0722. The number of nitrogens with one attached hydrogen (secondary N) is 1. The zero-order chi connectivity index (χ0) is 14.8. The molecule has 2 N–H and O–H groups in total. The number of carboxylic acids is 1. The van der Waals surface area contributed by atoms with E-state index in [1.807, 2.05) is 0 Å². The van der Waals surface area contributed by atoms with Gasteiger partial charge in [-0.05, 0) is 30.0 Å². The van der Waals surface area contributed by atoms with Crippen molar-refractivity contribution in [2.45, 2.75) is 38.6 Å². The standard InChI is InChI=1S/C13H19NO4S/c1-9-6-5-7-10(8-9)19(17,18)14-11(12(15)16)13(2,3)4/h5-8,11,14H,1-4H3,(H,15,16)/t11-/m0/s1. The molecule has 0 amide bonds. The molecule has 1 atom stereocenters. The first kappa shape index (κ1) is 15.7. The largest absolute Gasteiger partial charge is 0.480 e. The number of benzene rings is 1. The molecule has 0 saturated heterocycles. The smallest absolute Gasteiger partial charge is 0.322 e. The molecule has 1 aromatic rings. The molecule has 106 valence electrons. The van der Waals surface area contributed by atoms with Crippen LogP contribution in [-0.2, 0) is 14.8 Å². The summed E-state index contributed by atoms with van der Waals surface area (Å²) in [7, 11) is -3.84. The zero-order valence-electron chi connectivity index (χ0n) is 11.5. The third-order valence-electron chi connectivity index (χ3n) is 2.69. The molecule has 0 aliphatic heterocycles. The van der Waals surface area contributed by atoms with E-state index in [4.69, 9.17) is 5.11 Å². The van der Waals surface area contributed by atoms with E-state index in [9.17, 15) is 13.2 Å². The maximum atomic E-state index is 12.2. The van der Waals surface area contributed by atoms with Gasteiger partial charge in [0.15, 0.2) is 0 Å². The summed E-state index contributed by atoms with van der Waals surface area (Å²) in [6.07, 6.45) is 0. The highest BCUT2D eigenvalue weighted by molar-refractivity contribution is 7.89. The highest BCUT2D eigenvalue weighted by Gasteiger charge is 2.35. The van der Waals surface area contributed by atoms with Crippen molar-refractivity contribution in [3.63, 3.8) is 0 Å². The van der Waals surface area contributed by atoms with E-state index in [2.05, 4.69) is 4.72 Å². The maximum absolute atomic E-state index is 12.2. The molecule has 0 aromatic heterocycles. The number of carboxylic acid groups (broad SMARTS) is 1. The minimum atomic E-state index is -3.84. The fourth-order valence-corrected chi connectivity index (χ4v) is 3.10. The van der Waals surface area contributed by atoms with Crippen LogP contribution in [0.1, 0.15) is 26.3 Å². The predicted molar refractivity (Wildman–Crippen MR) is 72.4 cm³/mol. The summed E-state index contributed by atoms with van der Waals surface area (Å²) < 4.78 is 26.6. The van der Waals surface area contributed by atoms with Crippen molar-refractivity contribution < 1.29 is 18.3 Å². The molecule has 1 rings (SSSR count). The molecule has 0 radical (unpaired) electrons. The van der Waals surface area contributed by atoms with Gasteiger partial charge in [-0.3, -0.25) is 4.79 Å². The van der Waals surface area contributed by atoms with Crippen LogP contribution in [0.2, 0.25) is 0 Å². The monoisotopic (exact) mass is 285 g/mol. The lowest BCUT2D eigenvalue weighted by atomic mass is 9.88. The summed E-state index contributed by atoms with van der Waals surface area (Å²) in [5, 5.41) is 9.15. The van der Waals surface area contributed by atoms with Gasteiger partial charge in [-0.1, -0.05) is 32.9 Å². The molecular formula is C13H19NO4S. The Morgan fingerprint density at radius 1 is 1.32 bits per heavy atom. The Morgan fingerprint density at radius 2 is 1.89 bits per heavy atom. The van der Waals surface area contributed by atoms with Crippen molar-refractivity contribution in [3.05, 3.63) is 29.8 Å². The Kier molecular flexibility index (Phi) is 4.37. The summed E-state index contributed by atoms with van der Waals surface area (Å²) in [5.74, 6) is -1.19. The van der Waals surface area contributed by atoms with Crippen molar-refractivity contribution in [1.29, 1.82) is 0 Å². The topological polar surface area (TPSA) is 83.5 Å². The normalized spacial score (nSPS) is 14.1. The van der Waals surface area contributed by atoms with Crippen LogP contribution in [0.4, 0.5) is 0 Å². The van der Waals surface area contributed by atoms with Gasteiger partial charge in [0.2, 0.25) is 10.0 Å². The van der Waals surface area contributed by atoms with Crippen LogP contribution in [0.25, 0.3) is 0 Å². The number of rotatable bonds is 4. The van der Waals surface area contributed by atoms with Crippen LogP contribution in [-0.4, -0.2) is 25.5 Å². The molecule has 0 spiro atoms. The van der Waals surface area contributed by atoms with E-state index in [0.29, 0.717) is 0 Å². The lowest BCUT2D eigenvalue weighted by Crippen LogP contribution is -2.48. The number of hydrogen-bond acceptors (Lipinski definition) is 3. The van der Waals surface area contributed by atoms with Gasteiger partial charge in [-0.15, -0.1) is 0 Å². The summed E-state index contributed by atoms with van der Waals surface area (Å²) in [6.45, 7) is 6.79. The average Bonchev–Trinajstić information content (AvgIpc) is 2.24. The van der Waals surface area contributed by atoms with Gasteiger partial charge in [0.1, 0.15) is 6.04 Å². The third kappa shape index (κ3) is 4.04. The second-order valence-corrected chi connectivity index (χ2v) is 7.29. The fourth-order valence-electron chi connectivity index (χ4n) is 1.60. The van der Waals surface area contributed by atoms with Crippen LogP contribution in [0, 0.1) is 12.3 Å². The maximum Gasteiger partial charge on any atom is 0.322 e. The molecule has 0 heterocycles. The Bertz CT molecular complexity index is 573. The molecule has 1 aromatic carbocycles. The first-order chi connectivity index (χ1) is 8.54. The first-order valence-corrected chi connectivity index (χ1v) is 7.34. The molecule has 6 heteroatoms. The number of sulfonamides is 1. The van der Waals surface area contributed by atoms with Gasteiger partial charge < -0.3 is 5.11 Å². The Labute approximate surface area is 113 Å². The van der Waals surface area contributed by atoms with Crippen molar-refractivity contribution in [1.82, 2.24) is 4.72 Å². The minimum Gasteiger partial charge on any atom is -0.480 e.